The van der Waals surface area contributed by atoms with E-state index >= 15 is 0 Å². The molecule has 0 aliphatic rings. The predicted octanol–water partition coefficient (Wildman–Crippen LogP) is 3.05. The zero-order valence-electron chi connectivity index (χ0n) is 13.9. The van der Waals surface area contributed by atoms with Crippen molar-refractivity contribution in [2.45, 2.75) is 47.1 Å². The number of hydrogen-bond donors (Lipinski definition) is 1. The topological polar surface area (TPSA) is 46.9 Å². The highest BCUT2D eigenvalue weighted by Crippen LogP contribution is 2.18. The maximum Gasteiger partial charge on any atom is 0.204 e. The summed E-state index contributed by atoms with van der Waals surface area (Å²) in [6.07, 6.45) is 2.25. The number of benzene rings is 1. The van der Waals surface area contributed by atoms with Crippen molar-refractivity contribution < 1.29 is 0 Å². The summed E-state index contributed by atoms with van der Waals surface area (Å²) < 4.78 is 1.89. The molecule has 1 heterocycles. The van der Waals surface area contributed by atoms with Crippen LogP contribution in [0.4, 0.5) is 0 Å². The molecule has 0 bridgehead atoms. The summed E-state index contributed by atoms with van der Waals surface area (Å²) in [6.45, 7) is 9.65. The van der Waals surface area contributed by atoms with E-state index in [2.05, 4.69) is 43.3 Å². The van der Waals surface area contributed by atoms with Gasteiger partial charge in [-0.1, -0.05) is 31.5 Å². The minimum Gasteiger partial charge on any atom is -0.311 e. The van der Waals surface area contributed by atoms with E-state index < -0.39 is 0 Å². The normalized spacial score (nSPS) is 10.9. The van der Waals surface area contributed by atoms with E-state index in [-0.39, 0.29) is 5.43 Å². The third kappa shape index (κ3) is 3.63. The molecule has 0 saturated heterocycles. The van der Waals surface area contributed by atoms with Gasteiger partial charge in [0, 0.05) is 18.3 Å². The van der Waals surface area contributed by atoms with E-state index in [0.29, 0.717) is 12.2 Å². The fraction of sp³-hybridized carbons (Fsp3) is 0.444. The summed E-state index contributed by atoms with van der Waals surface area (Å²) in [5.41, 5.74) is 4.82. The molecule has 0 unspecified atom stereocenters. The lowest BCUT2D eigenvalue weighted by atomic mass is 10.1. The molecule has 0 aliphatic carbocycles. The second-order valence-electron chi connectivity index (χ2n) is 5.78. The van der Waals surface area contributed by atoms with E-state index in [0.717, 1.165) is 41.9 Å². The van der Waals surface area contributed by atoms with E-state index in [9.17, 15) is 4.79 Å². The number of nitrogens with zero attached hydrogens (tertiary/aromatic N) is 2. The van der Waals surface area contributed by atoms with Gasteiger partial charge in [0.25, 0.3) is 0 Å². The van der Waals surface area contributed by atoms with Gasteiger partial charge >= 0.3 is 0 Å². The Balaban J connectivity index is 2.38. The van der Waals surface area contributed by atoms with Crippen LogP contribution in [0.15, 0.2) is 29.1 Å². The number of hydrogen-bond acceptors (Lipinski definition) is 3. The van der Waals surface area contributed by atoms with Gasteiger partial charge < -0.3 is 5.32 Å². The Kier molecular flexibility index (Phi) is 5.50. The predicted molar refractivity (Wildman–Crippen MR) is 90.7 cm³/mol. The third-order valence-electron chi connectivity index (χ3n) is 3.83. The zero-order chi connectivity index (χ0) is 16.1. The first kappa shape index (κ1) is 16.4. The molecule has 0 aliphatic heterocycles. The summed E-state index contributed by atoms with van der Waals surface area (Å²) in [5.74, 6) is 0. The molecule has 0 spiro atoms. The molecule has 4 heteroatoms. The van der Waals surface area contributed by atoms with Crippen molar-refractivity contribution in [1.82, 2.24) is 15.1 Å². The van der Waals surface area contributed by atoms with E-state index in [1.54, 1.807) is 6.07 Å². The van der Waals surface area contributed by atoms with E-state index in [1.807, 2.05) is 17.7 Å². The van der Waals surface area contributed by atoms with E-state index in [1.165, 1.54) is 0 Å². The molecular weight excluding hydrogens is 274 g/mol. The summed E-state index contributed by atoms with van der Waals surface area (Å²) in [5, 5.41) is 7.90. The molecule has 0 saturated carbocycles. The molecule has 0 radical (unpaired) electrons. The lowest BCUT2D eigenvalue weighted by Gasteiger charge is -2.16. The number of para-hydroxylation sites is 1. The average molecular weight is 299 g/mol. The number of aromatic nitrogens is 2. The van der Waals surface area contributed by atoms with Gasteiger partial charge in [0.05, 0.1) is 5.69 Å². The lowest BCUT2D eigenvalue weighted by Crippen LogP contribution is -2.25. The van der Waals surface area contributed by atoms with Crippen molar-refractivity contribution in [1.29, 1.82) is 0 Å². The van der Waals surface area contributed by atoms with Crippen molar-refractivity contribution in [3.63, 3.8) is 0 Å². The van der Waals surface area contributed by atoms with E-state index in [4.69, 9.17) is 0 Å². The maximum atomic E-state index is 12.1. The van der Waals surface area contributed by atoms with Gasteiger partial charge in [-0.15, -0.1) is 0 Å². The minimum absolute atomic E-state index is 0.00369. The molecule has 4 nitrogen and oxygen atoms in total. The van der Waals surface area contributed by atoms with Crippen molar-refractivity contribution >= 4 is 0 Å². The number of nitrogens with one attached hydrogen (secondary N) is 1. The first-order chi connectivity index (χ1) is 10.5. The number of unbranched alkanes of at least 4 members (excludes halogenated alkanes) is 1. The monoisotopic (exact) mass is 299 g/mol. The Hall–Kier alpha value is -1.94. The average Bonchev–Trinajstić information content (AvgIpc) is 2.47. The highest BCUT2D eigenvalue weighted by Gasteiger charge is 2.11. The van der Waals surface area contributed by atoms with Gasteiger partial charge in [0.2, 0.25) is 5.43 Å². The number of aryl methyl sites for hydroxylation is 3. The second kappa shape index (κ2) is 7.36. The molecule has 0 atom stereocenters. The van der Waals surface area contributed by atoms with Crippen LogP contribution in [0.1, 0.15) is 42.3 Å². The van der Waals surface area contributed by atoms with Gasteiger partial charge in [-0.2, -0.15) is 5.10 Å². The van der Waals surface area contributed by atoms with Gasteiger partial charge in [-0.25, -0.2) is 4.68 Å². The second-order valence-corrected chi connectivity index (χ2v) is 5.78. The van der Waals surface area contributed by atoms with Crippen molar-refractivity contribution in [3.8, 4) is 5.69 Å². The molecule has 2 rings (SSSR count). The van der Waals surface area contributed by atoms with Crippen LogP contribution in [0, 0.1) is 20.8 Å². The molecule has 118 valence electrons. The van der Waals surface area contributed by atoms with Crippen LogP contribution in [0.3, 0.4) is 0 Å². The van der Waals surface area contributed by atoms with Crippen LogP contribution in [0.25, 0.3) is 5.69 Å². The van der Waals surface area contributed by atoms with Crippen molar-refractivity contribution in [2.24, 2.45) is 0 Å². The third-order valence-corrected chi connectivity index (χ3v) is 3.83. The smallest absolute Gasteiger partial charge is 0.204 e. The highest BCUT2D eigenvalue weighted by molar-refractivity contribution is 5.47. The molecule has 2 aromatic rings. The molecule has 0 fully saturated rings. The van der Waals surface area contributed by atoms with Crippen molar-refractivity contribution in [3.05, 3.63) is 57.0 Å². The van der Waals surface area contributed by atoms with Crippen molar-refractivity contribution in [2.75, 3.05) is 6.54 Å². The Morgan fingerprint density at radius 3 is 2.50 bits per heavy atom. The summed E-state index contributed by atoms with van der Waals surface area (Å²) in [7, 11) is 0. The van der Waals surface area contributed by atoms with Crippen LogP contribution >= 0.6 is 0 Å². The molecule has 22 heavy (non-hydrogen) atoms. The Morgan fingerprint density at radius 2 is 1.86 bits per heavy atom. The molecule has 1 N–H and O–H groups in total. The van der Waals surface area contributed by atoms with Gasteiger partial charge in [0.1, 0.15) is 5.69 Å². The number of rotatable bonds is 6. The molecule has 1 aromatic heterocycles. The highest BCUT2D eigenvalue weighted by atomic mass is 16.1. The SMILES string of the molecule is CCCCNCc1nn(-c2c(C)cccc2C)c(C)cc1=O. The van der Waals surface area contributed by atoms with Gasteiger partial charge in [0.15, 0.2) is 0 Å². The van der Waals surface area contributed by atoms with Crippen LogP contribution < -0.4 is 10.7 Å². The zero-order valence-corrected chi connectivity index (χ0v) is 13.9. The van der Waals surface area contributed by atoms with Gasteiger partial charge in [-0.05, 0) is 44.9 Å². The fourth-order valence-corrected chi connectivity index (χ4v) is 2.58. The van der Waals surface area contributed by atoms with Crippen LogP contribution in [0.5, 0.6) is 0 Å². The van der Waals surface area contributed by atoms with Crippen LogP contribution in [-0.2, 0) is 6.54 Å². The first-order valence-electron chi connectivity index (χ1n) is 7.91. The largest absolute Gasteiger partial charge is 0.311 e. The molecule has 1 aromatic carbocycles. The summed E-state index contributed by atoms with van der Waals surface area (Å²) >= 11 is 0. The Morgan fingerprint density at radius 1 is 1.18 bits per heavy atom. The first-order valence-corrected chi connectivity index (χ1v) is 7.91. The maximum absolute atomic E-state index is 12.1. The Bertz CT molecular complexity index is 684. The summed E-state index contributed by atoms with van der Waals surface area (Å²) in [6, 6.07) is 7.86. The Labute approximate surface area is 132 Å². The minimum atomic E-state index is 0.00369. The fourth-order valence-electron chi connectivity index (χ4n) is 2.58. The van der Waals surface area contributed by atoms with Gasteiger partial charge in [-0.3, -0.25) is 4.79 Å². The summed E-state index contributed by atoms with van der Waals surface area (Å²) in [4.78, 5) is 12.1. The quantitative estimate of drug-likeness (QED) is 0.834. The van der Waals surface area contributed by atoms with Crippen LogP contribution in [0.2, 0.25) is 0 Å². The lowest BCUT2D eigenvalue weighted by molar-refractivity contribution is 0.614. The molecule has 0 amide bonds. The molecular formula is C18H25N3O. The standard InChI is InChI=1S/C18H25N3O/c1-5-6-10-19-12-16-17(22)11-15(4)21(20-16)18-13(2)8-7-9-14(18)3/h7-9,11,19H,5-6,10,12H2,1-4H3. The van der Waals surface area contributed by atoms with Crippen LogP contribution in [-0.4, -0.2) is 16.3 Å².